The van der Waals surface area contributed by atoms with E-state index in [-0.39, 0.29) is 12.0 Å². The number of aromatic nitrogens is 3. The first-order valence-corrected chi connectivity index (χ1v) is 10.1. The second-order valence-corrected chi connectivity index (χ2v) is 8.26. The van der Waals surface area contributed by atoms with Crippen molar-refractivity contribution in [2.45, 2.75) is 45.1 Å². The van der Waals surface area contributed by atoms with Crippen LogP contribution in [0.4, 0.5) is 0 Å². The highest BCUT2D eigenvalue weighted by Gasteiger charge is 2.28. The van der Waals surface area contributed by atoms with Crippen LogP contribution in [0.1, 0.15) is 38.2 Å². The fraction of sp³-hybridized carbons (Fsp3) is 0.450. The average Bonchev–Trinajstić information content (AvgIpc) is 3.31. The molecule has 26 heavy (non-hydrogen) atoms. The van der Waals surface area contributed by atoms with Crippen LogP contribution in [-0.2, 0) is 11.2 Å². The zero-order valence-corrected chi connectivity index (χ0v) is 15.8. The smallest absolute Gasteiger partial charge is 0.140 e. The average molecular weight is 369 g/mol. The number of hydrogen-bond donors (Lipinski definition) is 2. The molecule has 3 N–H and O–H groups in total. The van der Waals surface area contributed by atoms with E-state index in [1.165, 1.54) is 0 Å². The van der Waals surface area contributed by atoms with Gasteiger partial charge in [-0.1, -0.05) is 0 Å². The van der Waals surface area contributed by atoms with Gasteiger partial charge in [0.15, 0.2) is 0 Å². The Morgan fingerprint density at radius 2 is 2.12 bits per heavy atom. The van der Waals surface area contributed by atoms with Gasteiger partial charge in [-0.05, 0) is 56.2 Å². The predicted octanol–water partition coefficient (Wildman–Crippen LogP) is 3.95. The predicted molar refractivity (Wildman–Crippen MR) is 105 cm³/mol. The maximum Gasteiger partial charge on any atom is 0.140 e. The van der Waals surface area contributed by atoms with Crippen molar-refractivity contribution in [2.24, 2.45) is 17.6 Å². The van der Waals surface area contributed by atoms with E-state index in [0.717, 1.165) is 53.0 Å². The van der Waals surface area contributed by atoms with Crippen LogP contribution in [0.5, 0.6) is 0 Å². The number of nitrogens with zero attached hydrogens (tertiary/aromatic N) is 2. The van der Waals surface area contributed by atoms with Gasteiger partial charge in [-0.25, -0.2) is 9.97 Å². The summed E-state index contributed by atoms with van der Waals surface area (Å²) in [6.45, 7) is 2.08. The van der Waals surface area contributed by atoms with Crippen molar-refractivity contribution in [2.75, 3.05) is 0 Å². The van der Waals surface area contributed by atoms with Crippen molar-refractivity contribution in [3.8, 4) is 10.7 Å². The Labute approximate surface area is 157 Å². The highest BCUT2D eigenvalue weighted by molar-refractivity contribution is 7.13. The fourth-order valence-corrected chi connectivity index (χ4v) is 4.62. The Kier molecular flexibility index (Phi) is 4.87. The van der Waals surface area contributed by atoms with Crippen LogP contribution in [0.15, 0.2) is 29.9 Å². The van der Waals surface area contributed by atoms with Crippen LogP contribution in [-0.4, -0.2) is 26.8 Å². The van der Waals surface area contributed by atoms with Crippen molar-refractivity contribution < 1.29 is 4.79 Å². The molecule has 6 heteroatoms. The summed E-state index contributed by atoms with van der Waals surface area (Å²) in [5.74, 6) is 1.08. The molecule has 3 aromatic rings. The first-order valence-electron chi connectivity index (χ1n) is 9.26. The number of fused-ring (bicyclic) bond motifs is 1. The molecule has 1 unspecified atom stereocenters. The third-order valence-electron chi connectivity index (χ3n) is 5.62. The zero-order valence-electron chi connectivity index (χ0n) is 14.9. The summed E-state index contributed by atoms with van der Waals surface area (Å²) in [6, 6.07) is 4.26. The number of thiazole rings is 1. The summed E-state index contributed by atoms with van der Waals surface area (Å²) >= 11 is 1.59. The monoisotopic (exact) mass is 368 g/mol. The molecule has 0 radical (unpaired) electrons. The maximum atomic E-state index is 12.9. The van der Waals surface area contributed by atoms with E-state index < -0.39 is 0 Å². The van der Waals surface area contributed by atoms with E-state index in [1.54, 1.807) is 23.7 Å². The number of nitrogens with one attached hydrogen (secondary N) is 1. The minimum atomic E-state index is 0.172. The van der Waals surface area contributed by atoms with Gasteiger partial charge in [-0.15, -0.1) is 11.3 Å². The Morgan fingerprint density at radius 1 is 1.31 bits per heavy atom. The van der Waals surface area contributed by atoms with Gasteiger partial charge in [0.1, 0.15) is 16.4 Å². The number of nitrogens with two attached hydrogens (primary N) is 1. The van der Waals surface area contributed by atoms with Crippen LogP contribution < -0.4 is 5.73 Å². The largest absolute Gasteiger partial charge is 0.337 e. The second-order valence-electron chi connectivity index (χ2n) is 7.37. The van der Waals surface area contributed by atoms with Crippen molar-refractivity contribution in [1.29, 1.82) is 0 Å². The van der Waals surface area contributed by atoms with Crippen LogP contribution in [0.25, 0.3) is 21.7 Å². The number of aromatic amines is 1. The summed E-state index contributed by atoms with van der Waals surface area (Å²) in [7, 11) is 0. The Bertz CT molecular complexity index is 892. The molecule has 136 valence electrons. The van der Waals surface area contributed by atoms with E-state index in [0.29, 0.717) is 18.1 Å². The molecule has 1 aliphatic carbocycles. The number of rotatable bonds is 5. The topological polar surface area (TPSA) is 84.7 Å². The molecule has 0 spiro atoms. The Hall–Kier alpha value is -2.05. The van der Waals surface area contributed by atoms with E-state index >= 15 is 0 Å². The molecule has 0 bridgehead atoms. The van der Waals surface area contributed by atoms with E-state index in [2.05, 4.69) is 27.9 Å². The number of ketones is 1. The number of H-pyrrole nitrogens is 1. The zero-order chi connectivity index (χ0) is 18.1. The molecule has 4 rings (SSSR count). The summed E-state index contributed by atoms with van der Waals surface area (Å²) in [5.41, 5.74) is 8.85. The van der Waals surface area contributed by atoms with Crippen LogP contribution in [0.2, 0.25) is 0 Å². The van der Waals surface area contributed by atoms with Crippen molar-refractivity contribution in [3.63, 3.8) is 0 Å². The highest BCUT2D eigenvalue weighted by atomic mass is 32.1. The summed E-state index contributed by atoms with van der Waals surface area (Å²) < 4.78 is 0. The third kappa shape index (κ3) is 3.44. The molecule has 0 amide bonds. The molecule has 0 saturated heterocycles. The molecule has 1 saturated carbocycles. The standard InChI is InChI=1S/C20H24N4OS/c1-12(21)13-2-4-14(5-3-13)18(25)10-15-6-7-22-19-16(15)11-17(24-19)20-23-8-9-26-20/h6-9,11-14H,2-5,10,21H2,1H3,(H,22,24). The van der Waals surface area contributed by atoms with E-state index in [9.17, 15) is 4.79 Å². The molecule has 0 aliphatic heterocycles. The lowest BCUT2D eigenvalue weighted by molar-refractivity contribution is -0.123. The lowest BCUT2D eigenvalue weighted by atomic mass is 9.76. The SMILES string of the molecule is CC(N)C1CCC(C(=O)Cc2ccnc3[nH]c(-c4nccs4)cc23)CC1. The number of pyridine rings is 1. The first kappa shape index (κ1) is 17.4. The maximum absolute atomic E-state index is 12.9. The van der Waals surface area contributed by atoms with Gasteiger partial charge < -0.3 is 10.7 Å². The normalized spacial score (nSPS) is 21.8. The summed E-state index contributed by atoms with van der Waals surface area (Å²) in [6.07, 6.45) is 8.12. The van der Waals surface area contributed by atoms with Gasteiger partial charge in [0.25, 0.3) is 0 Å². The molecule has 3 heterocycles. The molecule has 5 nitrogen and oxygen atoms in total. The Morgan fingerprint density at radius 3 is 2.81 bits per heavy atom. The second kappa shape index (κ2) is 7.29. The quantitative estimate of drug-likeness (QED) is 0.714. The molecular weight excluding hydrogens is 344 g/mol. The van der Waals surface area contributed by atoms with Crippen molar-refractivity contribution in [1.82, 2.24) is 15.0 Å². The molecular formula is C20H24N4OS. The van der Waals surface area contributed by atoms with E-state index in [1.807, 2.05) is 11.4 Å². The molecule has 1 aliphatic rings. The number of carbonyl (C=O) groups excluding carboxylic acids is 1. The first-order chi connectivity index (χ1) is 12.6. The molecule has 1 atom stereocenters. The lowest BCUT2D eigenvalue weighted by Gasteiger charge is -2.30. The number of Topliss-reactive ketones (excluding diaryl/α,β-unsaturated/α-hetero) is 1. The van der Waals surface area contributed by atoms with Crippen LogP contribution >= 0.6 is 11.3 Å². The van der Waals surface area contributed by atoms with Crippen LogP contribution in [0, 0.1) is 11.8 Å². The van der Waals surface area contributed by atoms with Gasteiger partial charge in [0.05, 0.1) is 5.69 Å². The van der Waals surface area contributed by atoms with Gasteiger partial charge >= 0.3 is 0 Å². The summed E-state index contributed by atoms with van der Waals surface area (Å²) in [5, 5.41) is 3.92. The molecule has 0 aromatic carbocycles. The van der Waals surface area contributed by atoms with E-state index in [4.69, 9.17) is 5.73 Å². The van der Waals surface area contributed by atoms with Crippen molar-refractivity contribution in [3.05, 3.63) is 35.5 Å². The van der Waals surface area contributed by atoms with Crippen LogP contribution in [0.3, 0.4) is 0 Å². The van der Waals surface area contributed by atoms with Gasteiger partial charge in [-0.2, -0.15) is 0 Å². The minimum absolute atomic E-state index is 0.172. The summed E-state index contributed by atoms with van der Waals surface area (Å²) in [4.78, 5) is 24.9. The van der Waals surface area contributed by atoms with Gasteiger partial charge in [0.2, 0.25) is 0 Å². The van der Waals surface area contributed by atoms with Gasteiger partial charge in [-0.3, -0.25) is 4.79 Å². The third-order valence-corrected chi connectivity index (χ3v) is 6.43. The number of carbonyl (C=O) groups is 1. The minimum Gasteiger partial charge on any atom is -0.337 e. The van der Waals surface area contributed by atoms with Crippen molar-refractivity contribution >= 4 is 28.2 Å². The number of hydrogen-bond acceptors (Lipinski definition) is 5. The highest BCUT2D eigenvalue weighted by Crippen LogP contribution is 2.32. The Balaban J connectivity index is 1.51. The molecule has 1 fully saturated rings. The lowest BCUT2D eigenvalue weighted by Crippen LogP contribution is -2.32. The fourth-order valence-electron chi connectivity index (χ4n) is 4.01. The molecule has 3 aromatic heterocycles. The van der Waals surface area contributed by atoms with Gasteiger partial charge in [0, 0.05) is 41.5 Å².